The van der Waals surface area contributed by atoms with Crippen molar-refractivity contribution in [1.29, 1.82) is 0 Å². The number of hydrogen-bond acceptors (Lipinski definition) is 4. The van der Waals surface area contributed by atoms with Crippen LogP contribution in [0.1, 0.15) is 20.3 Å². The summed E-state index contributed by atoms with van der Waals surface area (Å²) in [5, 5.41) is 3.96. The lowest BCUT2D eigenvalue weighted by atomic mass is 9.97. The summed E-state index contributed by atoms with van der Waals surface area (Å²) in [6.07, 6.45) is 0.378. The van der Waals surface area contributed by atoms with Gasteiger partial charge in [-0.3, -0.25) is 4.79 Å². The number of nitrogens with zero attached hydrogens (tertiary/aromatic N) is 2. The maximum Gasteiger partial charge on any atom is 0.287 e. The number of benzene rings is 1. The second-order valence-corrected chi connectivity index (χ2v) is 7.11. The summed E-state index contributed by atoms with van der Waals surface area (Å²) in [5.41, 5.74) is 1.25. The second-order valence-electron chi connectivity index (χ2n) is 4.97. The summed E-state index contributed by atoms with van der Waals surface area (Å²) in [7, 11) is -4.09. The molecule has 2 rings (SSSR count). The molecular formula is C14H15ClN2O3S. The summed E-state index contributed by atoms with van der Waals surface area (Å²) in [4.78, 5) is 12.2. The first-order chi connectivity index (χ1) is 9.75. The molecule has 0 bridgehead atoms. The smallest absolute Gasteiger partial charge is 0.271 e. The highest BCUT2D eigenvalue weighted by atomic mass is 35.5. The Morgan fingerprint density at radius 2 is 2.05 bits per heavy atom. The van der Waals surface area contributed by atoms with E-state index in [2.05, 4.69) is 11.7 Å². The molecule has 1 amide bonds. The summed E-state index contributed by atoms with van der Waals surface area (Å²) < 4.78 is 25.6. The highest BCUT2D eigenvalue weighted by Crippen LogP contribution is 2.30. The minimum atomic E-state index is -4.09. The van der Waals surface area contributed by atoms with E-state index in [-0.39, 0.29) is 9.92 Å². The van der Waals surface area contributed by atoms with Gasteiger partial charge >= 0.3 is 0 Å². The van der Waals surface area contributed by atoms with Gasteiger partial charge in [-0.05, 0) is 32.4 Å². The molecule has 0 spiro atoms. The fraction of sp³-hybridized carbons (Fsp3) is 0.286. The predicted octanol–water partition coefficient (Wildman–Crippen LogP) is 2.83. The first-order valence-corrected chi connectivity index (χ1v) is 8.10. The van der Waals surface area contributed by atoms with E-state index >= 15 is 0 Å². The zero-order valence-corrected chi connectivity index (χ0v) is 13.3. The van der Waals surface area contributed by atoms with E-state index in [1.807, 2.05) is 0 Å². The minimum Gasteiger partial charge on any atom is -0.271 e. The monoisotopic (exact) mass is 326 g/mol. The van der Waals surface area contributed by atoms with Gasteiger partial charge in [0.05, 0.1) is 10.9 Å². The molecule has 1 atom stereocenters. The molecule has 1 aliphatic rings. The lowest BCUT2D eigenvalue weighted by Gasteiger charge is -2.15. The molecule has 0 saturated heterocycles. The number of carbonyl (C=O) groups excluding carboxylic acids is 1. The lowest BCUT2D eigenvalue weighted by Crippen LogP contribution is -2.32. The van der Waals surface area contributed by atoms with Crippen LogP contribution in [-0.4, -0.2) is 24.5 Å². The number of allylic oxidation sites excluding steroid dienone is 1. The van der Waals surface area contributed by atoms with Crippen molar-refractivity contribution < 1.29 is 13.2 Å². The third-order valence-electron chi connectivity index (χ3n) is 3.13. The lowest BCUT2D eigenvalue weighted by molar-refractivity contribution is -0.127. The Morgan fingerprint density at radius 3 is 2.62 bits per heavy atom. The summed E-state index contributed by atoms with van der Waals surface area (Å²) >= 11 is 5.91. The van der Waals surface area contributed by atoms with Crippen LogP contribution in [0.25, 0.3) is 0 Å². The van der Waals surface area contributed by atoms with Crippen molar-refractivity contribution >= 4 is 33.2 Å². The van der Waals surface area contributed by atoms with Crippen LogP contribution in [0.3, 0.4) is 0 Å². The molecule has 21 heavy (non-hydrogen) atoms. The molecule has 1 heterocycles. The van der Waals surface area contributed by atoms with E-state index in [9.17, 15) is 13.2 Å². The number of hydrazone groups is 1. The molecule has 112 valence electrons. The topological polar surface area (TPSA) is 66.8 Å². The summed E-state index contributed by atoms with van der Waals surface area (Å²) in [6.45, 7) is 7.17. The van der Waals surface area contributed by atoms with Crippen LogP contribution < -0.4 is 0 Å². The fourth-order valence-corrected chi connectivity index (χ4v) is 3.86. The Labute approximate surface area is 129 Å². The molecule has 1 aliphatic heterocycles. The molecule has 1 aromatic rings. The van der Waals surface area contributed by atoms with Crippen LogP contribution in [0.5, 0.6) is 0 Å². The van der Waals surface area contributed by atoms with Gasteiger partial charge in [0.25, 0.3) is 15.9 Å². The third kappa shape index (κ3) is 2.87. The largest absolute Gasteiger partial charge is 0.287 e. The molecule has 1 aromatic carbocycles. The molecule has 0 aliphatic carbocycles. The van der Waals surface area contributed by atoms with Gasteiger partial charge in [0.15, 0.2) is 0 Å². The summed E-state index contributed by atoms with van der Waals surface area (Å²) in [6, 6.07) is 5.96. The van der Waals surface area contributed by atoms with Gasteiger partial charge in [0.1, 0.15) is 4.90 Å². The first-order valence-electron chi connectivity index (χ1n) is 6.28. The molecule has 0 N–H and O–H groups in total. The van der Waals surface area contributed by atoms with E-state index in [4.69, 9.17) is 11.6 Å². The minimum absolute atomic E-state index is 0.0569. The number of carbonyl (C=O) groups is 1. The zero-order chi connectivity index (χ0) is 15.8. The van der Waals surface area contributed by atoms with Gasteiger partial charge < -0.3 is 0 Å². The molecule has 0 unspecified atom stereocenters. The third-order valence-corrected chi connectivity index (χ3v) is 5.20. The van der Waals surface area contributed by atoms with Gasteiger partial charge in [0.2, 0.25) is 0 Å². The highest BCUT2D eigenvalue weighted by Gasteiger charge is 2.41. The highest BCUT2D eigenvalue weighted by molar-refractivity contribution is 7.89. The Bertz CT molecular complexity index is 740. The van der Waals surface area contributed by atoms with Gasteiger partial charge in [-0.2, -0.15) is 13.5 Å². The van der Waals surface area contributed by atoms with Crippen molar-refractivity contribution in [3.8, 4) is 0 Å². The summed E-state index contributed by atoms with van der Waals surface area (Å²) in [5.74, 6) is -1.16. The first kappa shape index (κ1) is 15.7. The van der Waals surface area contributed by atoms with Crippen LogP contribution in [0.4, 0.5) is 0 Å². The molecule has 0 aromatic heterocycles. The zero-order valence-electron chi connectivity index (χ0n) is 11.7. The number of rotatable bonds is 4. The maximum atomic E-state index is 12.5. The second kappa shape index (κ2) is 5.61. The van der Waals surface area contributed by atoms with Crippen LogP contribution in [-0.2, 0) is 14.8 Å². The number of halogens is 1. The van der Waals surface area contributed by atoms with E-state index in [1.54, 1.807) is 26.0 Å². The molecule has 7 heteroatoms. The van der Waals surface area contributed by atoms with Crippen molar-refractivity contribution in [3.63, 3.8) is 0 Å². The number of sulfonamides is 1. The Kier molecular flexibility index (Phi) is 4.20. The van der Waals surface area contributed by atoms with Gasteiger partial charge in [-0.1, -0.05) is 29.3 Å². The maximum absolute atomic E-state index is 12.5. The molecular weight excluding hydrogens is 312 g/mol. The Morgan fingerprint density at radius 1 is 1.43 bits per heavy atom. The van der Waals surface area contributed by atoms with Crippen molar-refractivity contribution in [2.24, 2.45) is 11.0 Å². The van der Waals surface area contributed by atoms with Crippen molar-refractivity contribution in [1.82, 2.24) is 4.41 Å². The quantitative estimate of drug-likeness (QED) is 0.799. The molecule has 0 saturated carbocycles. The SMILES string of the molecule is C=C(C)C[C@H]1C(=O)N(S(=O)(=O)c2ccccc2Cl)N=C1C. The Balaban J connectivity index is 2.42. The van der Waals surface area contributed by atoms with Gasteiger partial charge in [-0.25, -0.2) is 0 Å². The van der Waals surface area contributed by atoms with E-state index in [1.165, 1.54) is 12.1 Å². The average molecular weight is 327 g/mol. The Hall–Kier alpha value is -1.66. The number of hydrogen-bond donors (Lipinski definition) is 0. The molecule has 0 fully saturated rings. The molecule has 0 radical (unpaired) electrons. The predicted molar refractivity (Wildman–Crippen MR) is 81.5 cm³/mol. The van der Waals surface area contributed by atoms with Crippen LogP contribution >= 0.6 is 11.6 Å². The van der Waals surface area contributed by atoms with Crippen LogP contribution in [0.15, 0.2) is 46.4 Å². The van der Waals surface area contributed by atoms with Crippen LogP contribution in [0, 0.1) is 5.92 Å². The normalized spacial score (nSPS) is 18.8. The van der Waals surface area contributed by atoms with Gasteiger partial charge in [0, 0.05) is 5.71 Å². The molecule has 5 nitrogen and oxygen atoms in total. The standard InChI is InChI=1S/C14H15ClN2O3S/c1-9(2)8-11-10(3)16-17(14(11)18)21(19,20)13-7-5-4-6-12(13)15/h4-7,11H,1,8H2,2-3H3/t11-/m1/s1. The van der Waals surface area contributed by atoms with Crippen molar-refractivity contribution in [2.75, 3.05) is 0 Å². The van der Waals surface area contributed by atoms with E-state index in [0.29, 0.717) is 16.5 Å². The number of amides is 1. The fourth-order valence-electron chi connectivity index (χ4n) is 2.08. The van der Waals surface area contributed by atoms with Gasteiger partial charge in [-0.15, -0.1) is 11.0 Å². The van der Waals surface area contributed by atoms with Crippen molar-refractivity contribution in [2.45, 2.75) is 25.2 Å². The van der Waals surface area contributed by atoms with E-state index < -0.39 is 21.8 Å². The van der Waals surface area contributed by atoms with E-state index in [0.717, 1.165) is 5.57 Å². The average Bonchev–Trinajstić information content (AvgIpc) is 2.67. The van der Waals surface area contributed by atoms with Crippen molar-refractivity contribution in [3.05, 3.63) is 41.4 Å². The van der Waals surface area contributed by atoms with Crippen LogP contribution in [0.2, 0.25) is 5.02 Å².